The lowest BCUT2D eigenvalue weighted by atomic mass is 9.96. The number of hydrogen-bond donors (Lipinski definition) is 0. The highest BCUT2D eigenvalue weighted by Gasteiger charge is 2.28. The summed E-state index contributed by atoms with van der Waals surface area (Å²) in [5.74, 6) is 0.829. The van der Waals surface area contributed by atoms with E-state index in [-0.39, 0.29) is 0 Å². The summed E-state index contributed by atoms with van der Waals surface area (Å²) in [5.41, 5.74) is 4.17. The Labute approximate surface area is 126 Å². The molecule has 0 radical (unpaired) electrons. The molecule has 0 aromatic carbocycles. The van der Waals surface area contributed by atoms with Crippen LogP contribution in [0.15, 0.2) is 12.4 Å². The van der Waals surface area contributed by atoms with E-state index >= 15 is 0 Å². The van der Waals surface area contributed by atoms with Crippen LogP contribution in [-0.4, -0.2) is 42.3 Å². The number of pyridine rings is 1. The maximum Gasteiger partial charge on any atom is 0.0734 e. The third-order valence-corrected chi connectivity index (χ3v) is 4.99. The van der Waals surface area contributed by atoms with Crippen LogP contribution in [0.1, 0.15) is 36.0 Å². The zero-order valence-electron chi connectivity index (χ0n) is 12.6. The summed E-state index contributed by atoms with van der Waals surface area (Å²) in [6.45, 7) is 5.64. The topological polar surface area (TPSA) is 34.6 Å². The van der Waals surface area contributed by atoms with Crippen molar-refractivity contribution < 1.29 is 9.47 Å². The monoisotopic (exact) mass is 288 g/mol. The fourth-order valence-corrected chi connectivity index (χ4v) is 3.46. The number of nitrogens with zero attached hydrogens (tertiary/aromatic N) is 2. The Bertz CT molecular complexity index is 496. The van der Waals surface area contributed by atoms with Crippen LogP contribution in [0, 0.1) is 5.92 Å². The third-order valence-electron chi connectivity index (χ3n) is 4.99. The molecule has 1 saturated heterocycles. The van der Waals surface area contributed by atoms with Gasteiger partial charge in [0.25, 0.3) is 0 Å². The van der Waals surface area contributed by atoms with Crippen LogP contribution < -0.4 is 0 Å². The van der Waals surface area contributed by atoms with Gasteiger partial charge < -0.3 is 9.47 Å². The molecular weight excluding hydrogens is 264 g/mol. The minimum atomic E-state index is 0.605. The predicted octanol–water partition coefficient (Wildman–Crippen LogP) is 2.16. The Morgan fingerprint density at radius 1 is 1.29 bits per heavy atom. The van der Waals surface area contributed by atoms with Gasteiger partial charge in [-0.15, -0.1) is 0 Å². The maximum absolute atomic E-state index is 5.86. The quantitative estimate of drug-likeness (QED) is 0.831. The smallest absolute Gasteiger partial charge is 0.0734 e. The normalized spacial score (nSPS) is 26.0. The molecule has 0 N–H and O–H groups in total. The first-order chi connectivity index (χ1) is 10.4. The highest BCUT2D eigenvalue weighted by Crippen LogP contribution is 2.30. The maximum atomic E-state index is 5.86. The summed E-state index contributed by atoms with van der Waals surface area (Å²) in [5, 5.41) is 0. The van der Waals surface area contributed by atoms with Crippen LogP contribution in [0.2, 0.25) is 0 Å². The van der Waals surface area contributed by atoms with Crippen molar-refractivity contribution >= 4 is 0 Å². The molecule has 0 bridgehead atoms. The average molecular weight is 288 g/mol. The minimum Gasteiger partial charge on any atom is -0.380 e. The fraction of sp³-hybridized carbons (Fsp3) is 0.706. The Hall–Kier alpha value is -0.970. The molecular formula is C17H24N2O2. The predicted molar refractivity (Wildman–Crippen MR) is 80.0 cm³/mol. The second-order valence-electron chi connectivity index (χ2n) is 6.63. The van der Waals surface area contributed by atoms with Crippen molar-refractivity contribution in [2.75, 3.05) is 26.4 Å². The van der Waals surface area contributed by atoms with Crippen molar-refractivity contribution in [3.8, 4) is 0 Å². The van der Waals surface area contributed by atoms with E-state index in [9.17, 15) is 0 Å². The Balaban J connectivity index is 1.42. The van der Waals surface area contributed by atoms with Gasteiger partial charge in [0, 0.05) is 44.7 Å². The number of ether oxygens (including phenoxy) is 2. The summed E-state index contributed by atoms with van der Waals surface area (Å²) >= 11 is 0. The van der Waals surface area contributed by atoms with Crippen LogP contribution in [0.5, 0.6) is 0 Å². The lowest BCUT2D eigenvalue weighted by molar-refractivity contribution is 0.108. The molecule has 1 unspecified atom stereocenters. The van der Waals surface area contributed by atoms with Gasteiger partial charge in [0.15, 0.2) is 0 Å². The van der Waals surface area contributed by atoms with Crippen LogP contribution in [-0.2, 0) is 29.0 Å². The van der Waals surface area contributed by atoms with Crippen molar-refractivity contribution in [2.24, 2.45) is 5.92 Å². The molecule has 2 aliphatic heterocycles. The molecule has 21 heavy (non-hydrogen) atoms. The molecule has 1 aromatic heterocycles. The first kappa shape index (κ1) is 13.7. The van der Waals surface area contributed by atoms with Crippen molar-refractivity contribution in [3.63, 3.8) is 0 Å². The van der Waals surface area contributed by atoms with Gasteiger partial charge in [-0.3, -0.25) is 9.88 Å². The molecule has 4 rings (SSSR count). The van der Waals surface area contributed by atoms with Gasteiger partial charge in [-0.25, -0.2) is 0 Å². The van der Waals surface area contributed by atoms with E-state index in [1.54, 1.807) is 0 Å². The van der Waals surface area contributed by atoms with E-state index < -0.39 is 0 Å². The fourth-order valence-electron chi connectivity index (χ4n) is 3.46. The van der Waals surface area contributed by atoms with Crippen molar-refractivity contribution in [3.05, 3.63) is 29.1 Å². The van der Waals surface area contributed by atoms with E-state index in [1.807, 2.05) is 12.4 Å². The van der Waals surface area contributed by atoms with Crippen LogP contribution in [0.25, 0.3) is 0 Å². The highest BCUT2D eigenvalue weighted by atomic mass is 16.5. The second kappa shape index (κ2) is 6.03. The molecule has 2 fully saturated rings. The van der Waals surface area contributed by atoms with Gasteiger partial charge in [0.1, 0.15) is 0 Å². The second-order valence-corrected chi connectivity index (χ2v) is 6.63. The van der Waals surface area contributed by atoms with E-state index in [1.165, 1.54) is 36.0 Å². The van der Waals surface area contributed by atoms with Gasteiger partial charge in [-0.1, -0.05) is 0 Å². The van der Waals surface area contributed by atoms with Crippen LogP contribution >= 0.6 is 0 Å². The van der Waals surface area contributed by atoms with Gasteiger partial charge in [0.05, 0.1) is 13.2 Å². The Kier molecular flexibility index (Phi) is 3.93. The minimum absolute atomic E-state index is 0.605. The van der Waals surface area contributed by atoms with Crippen molar-refractivity contribution in [1.82, 2.24) is 9.88 Å². The molecule has 1 saturated carbocycles. The molecule has 4 heteroatoms. The van der Waals surface area contributed by atoms with E-state index in [0.717, 1.165) is 51.9 Å². The Morgan fingerprint density at radius 3 is 3.05 bits per heavy atom. The summed E-state index contributed by atoms with van der Waals surface area (Å²) in [6, 6.07) is 0.605. The molecule has 3 aliphatic rings. The number of aromatic nitrogens is 1. The molecule has 3 heterocycles. The zero-order valence-corrected chi connectivity index (χ0v) is 12.6. The van der Waals surface area contributed by atoms with E-state index in [4.69, 9.17) is 9.47 Å². The Morgan fingerprint density at radius 2 is 2.24 bits per heavy atom. The standard InChI is InChI=1S/C17H24N2O2/c1-2-13(1)10-21-11-15-8-18-7-14-9-19(5-3-17(14)15)16-4-6-20-12-16/h7-8,13,16H,1-6,9-12H2. The van der Waals surface area contributed by atoms with Crippen molar-refractivity contribution in [2.45, 2.75) is 44.9 Å². The van der Waals surface area contributed by atoms with E-state index in [2.05, 4.69) is 9.88 Å². The van der Waals surface area contributed by atoms with Crippen LogP contribution in [0.4, 0.5) is 0 Å². The molecule has 1 aromatic rings. The summed E-state index contributed by atoms with van der Waals surface area (Å²) in [7, 11) is 0. The number of rotatable bonds is 5. The molecule has 4 nitrogen and oxygen atoms in total. The van der Waals surface area contributed by atoms with Crippen molar-refractivity contribution in [1.29, 1.82) is 0 Å². The molecule has 0 spiro atoms. The summed E-state index contributed by atoms with van der Waals surface area (Å²) < 4.78 is 11.4. The number of fused-ring (bicyclic) bond motifs is 1. The molecule has 0 amide bonds. The SMILES string of the molecule is c1ncc2c(c1COCC1CC1)CCN(C1CCOC1)C2. The average Bonchev–Trinajstić information content (AvgIpc) is 3.17. The van der Waals surface area contributed by atoms with Gasteiger partial charge >= 0.3 is 0 Å². The van der Waals surface area contributed by atoms with Gasteiger partial charge in [-0.05, 0) is 48.3 Å². The lowest BCUT2D eigenvalue weighted by Gasteiger charge is -2.33. The first-order valence-corrected chi connectivity index (χ1v) is 8.24. The third kappa shape index (κ3) is 3.12. The molecule has 1 atom stereocenters. The van der Waals surface area contributed by atoms with Gasteiger partial charge in [0.2, 0.25) is 0 Å². The first-order valence-electron chi connectivity index (χ1n) is 8.24. The largest absolute Gasteiger partial charge is 0.380 e. The summed E-state index contributed by atoms with van der Waals surface area (Å²) in [4.78, 5) is 7.00. The zero-order chi connectivity index (χ0) is 14.1. The van der Waals surface area contributed by atoms with Gasteiger partial charge in [-0.2, -0.15) is 0 Å². The number of hydrogen-bond acceptors (Lipinski definition) is 4. The summed E-state index contributed by atoms with van der Waals surface area (Å²) in [6.07, 6.45) is 9.04. The molecule has 1 aliphatic carbocycles. The van der Waals surface area contributed by atoms with E-state index in [0.29, 0.717) is 6.04 Å². The van der Waals surface area contributed by atoms with Crippen LogP contribution in [0.3, 0.4) is 0 Å². The highest BCUT2D eigenvalue weighted by molar-refractivity contribution is 5.33. The lowest BCUT2D eigenvalue weighted by Crippen LogP contribution is -2.40. The molecule has 114 valence electrons.